The summed E-state index contributed by atoms with van der Waals surface area (Å²) in [6.45, 7) is 0. The molecular weight excluding hydrogens is 685 g/mol. The summed E-state index contributed by atoms with van der Waals surface area (Å²) in [6, 6.07) is 49.7. The average Bonchev–Trinajstić information content (AvgIpc) is 3.88. The highest BCUT2D eigenvalue weighted by molar-refractivity contribution is 6.11. The fourth-order valence-corrected chi connectivity index (χ4v) is 7.56. The van der Waals surface area contributed by atoms with E-state index in [4.69, 9.17) is 27.6 Å². The normalized spacial score (nSPS) is 13.1. The van der Waals surface area contributed by atoms with Gasteiger partial charge in [0.15, 0.2) is 17.5 Å². The Balaban J connectivity index is 1.13. The number of rotatable bonds is 6. The first-order valence-corrected chi connectivity index (χ1v) is 18.3. The Hall–Kier alpha value is -7.63. The van der Waals surface area contributed by atoms with Crippen LogP contribution in [-0.2, 0) is 0 Å². The topological polar surface area (TPSA) is 56.7 Å². The van der Waals surface area contributed by atoms with E-state index in [2.05, 4.69) is 12.1 Å². The van der Waals surface area contributed by atoms with Crippen molar-refractivity contribution in [2.75, 3.05) is 0 Å². The van der Waals surface area contributed by atoms with Gasteiger partial charge < -0.3 is 8.98 Å². The van der Waals surface area contributed by atoms with E-state index in [0.717, 1.165) is 49.7 Å². The van der Waals surface area contributed by atoms with Crippen molar-refractivity contribution in [2.24, 2.45) is 0 Å². The summed E-state index contributed by atoms with van der Waals surface area (Å²) in [5.74, 6) is 1.59. The fraction of sp³-hybridized carbons (Fsp3) is 0. The molecule has 0 aliphatic carbocycles. The highest BCUT2D eigenvalue weighted by Crippen LogP contribution is 2.40. The van der Waals surface area contributed by atoms with Crippen LogP contribution in [0.15, 0.2) is 198 Å². The van der Waals surface area contributed by atoms with Crippen LogP contribution in [0, 0.1) is 0 Å². The minimum atomic E-state index is -0.158. The van der Waals surface area contributed by atoms with Crippen LogP contribution in [0.25, 0.3) is 106 Å². The van der Waals surface area contributed by atoms with Crippen molar-refractivity contribution in [3.63, 3.8) is 0 Å². The molecule has 11 rings (SSSR count). The summed E-state index contributed by atoms with van der Waals surface area (Å²) in [4.78, 5) is 14.8. The van der Waals surface area contributed by atoms with Gasteiger partial charge in [-0.1, -0.05) is 145 Å². The zero-order valence-electron chi connectivity index (χ0n) is 35.7. The van der Waals surface area contributed by atoms with Crippen LogP contribution in [-0.4, -0.2) is 19.5 Å². The summed E-state index contributed by atoms with van der Waals surface area (Å²) >= 11 is 0. The van der Waals surface area contributed by atoms with Gasteiger partial charge in [-0.05, 0) is 70.7 Å². The molecule has 0 aliphatic rings. The Bertz CT molecular complexity index is 3460. The van der Waals surface area contributed by atoms with Gasteiger partial charge in [0.05, 0.1) is 24.8 Å². The van der Waals surface area contributed by atoms with Crippen LogP contribution in [0.2, 0.25) is 0 Å². The van der Waals surface area contributed by atoms with E-state index in [0.29, 0.717) is 45.4 Å². The zero-order chi connectivity index (χ0) is 42.2. The first-order valence-electron chi connectivity index (χ1n) is 21.3. The van der Waals surface area contributed by atoms with Crippen molar-refractivity contribution in [3.8, 4) is 62.1 Å². The van der Waals surface area contributed by atoms with E-state index in [-0.39, 0.29) is 47.0 Å². The van der Waals surface area contributed by atoms with Gasteiger partial charge in [-0.25, -0.2) is 15.0 Å². The molecule has 3 heterocycles. The van der Waals surface area contributed by atoms with Gasteiger partial charge in [0, 0.05) is 38.4 Å². The summed E-state index contributed by atoms with van der Waals surface area (Å²) in [6.07, 6.45) is 0. The second-order valence-corrected chi connectivity index (χ2v) is 13.6. The molecule has 0 aliphatic heterocycles. The second-order valence-electron chi connectivity index (χ2n) is 13.6. The molecule has 0 unspecified atom stereocenters. The third-order valence-electron chi connectivity index (χ3n) is 10.2. The zero-order valence-corrected chi connectivity index (χ0v) is 29.7. The van der Waals surface area contributed by atoms with Gasteiger partial charge in [-0.3, -0.25) is 0 Å². The van der Waals surface area contributed by atoms with Crippen LogP contribution in [0.5, 0.6) is 0 Å². The molecule has 0 spiro atoms. The average molecular weight is 723 g/mol. The van der Waals surface area contributed by atoms with Gasteiger partial charge in [0.1, 0.15) is 11.2 Å². The lowest BCUT2D eigenvalue weighted by molar-refractivity contribution is 0.669. The van der Waals surface area contributed by atoms with E-state index in [1.165, 1.54) is 12.1 Å². The van der Waals surface area contributed by atoms with Crippen LogP contribution >= 0.6 is 0 Å². The van der Waals surface area contributed by atoms with E-state index < -0.39 is 0 Å². The molecule has 0 N–H and O–H groups in total. The van der Waals surface area contributed by atoms with Gasteiger partial charge in [0.25, 0.3) is 0 Å². The lowest BCUT2D eigenvalue weighted by atomic mass is 9.96. The third kappa shape index (κ3) is 5.37. The van der Waals surface area contributed by atoms with Crippen molar-refractivity contribution in [3.05, 3.63) is 194 Å². The molecular formula is C51H32N4O. The third-order valence-corrected chi connectivity index (χ3v) is 10.2. The van der Waals surface area contributed by atoms with E-state index in [1.807, 2.05) is 133 Å². The SMILES string of the molecule is [2H]c1cc([2H])c2c(c1[2H])c1c([2H])c([2H])cc([2H])c1n2-c1cc(-c2ccccc2)cc(-c2ccc3oc4c(-c5nc(-c6ccccc6)nc(-c6ccccc6)n5)cccc4c3c2)c1. The van der Waals surface area contributed by atoms with Crippen molar-refractivity contribution in [1.29, 1.82) is 0 Å². The van der Waals surface area contributed by atoms with E-state index in [9.17, 15) is 0 Å². The molecule has 0 saturated heterocycles. The van der Waals surface area contributed by atoms with Crippen LogP contribution in [0.1, 0.15) is 8.22 Å². The number of hydrogen-bond donors (Lipinski definition) is 0. The highest BCUT2D eigenvalue weighted by atomic mass is 16.3. The number of hydrogen-bond acceptors (Lipinski definition) is 4. The van der Waals surface area contributed by atoms with Crippen molar-refractivity contribution in [1.82, 2.24) is 19.5 Å². The first kappa shape index (κ1) is 26.2. The maximum absolute atomic E-state index is 9.08. The number of benzene rings is 8. The van der Waals surface area contributed by atoms with E-state index >= 15 is 0 Å². The Morgan fingerprint density at radius 3 is 1.61 bits per heavy atom. The van der Waals surface area contributed by atoms with Gasteiger partial charge in [0.2, 0.25) is 0 Å². The molecule has 56 heavy (non-hydrogen) atoms. The molecule has 5 heteroatoms. The molecule has 262 valence electrons. The summed E-state index contributed by atoms with van der Waals surface area (Å²) in [7, 11) is 0. The lowest BCUT2D eigenvalue weighted by Crippen LogP contribution is -2.00. The van der Waals surface area contributed by atoms with E-state index in [1.54, 1.807) is 4.57 Å². The Morgan fingerprint density at radius 1 is 0.411 bits per heavy atom. The molecule has 0 amide bonds. The minimum Gasteiger partial charge on any atom is -0.455 e. The highest BCUT2D eigenvalue weighted by Gasteiger charge is 2.19. The Morgan fingerprint density at radius 2 is 0.982 bits per heavy atom. The Kier molecular flexibility index (Phi) is 6.10. The summed E-state index contributed by atoms with van der Waals surface area (Å²) in [5, 5.41) is 2.19. The maximum atomic E-state index is 9.08. The molecule has 0 radical (unpaired) electrons. The largest absolute Gasteiger partial charge is 0.455 e. The quantitative estimate of drug-likeness (QED) is 0.171. The predicted molar refractivity (Wildman–Crippen MR) is 229 cm³/mol. The molecule has 0 saturated carbocycles. The van der Waals surface area contributed by atoms with Gasteiger partial charge in [-0.2, -0.15) is 0 Å². The van der Waals surface area contributed by atoms with Crippen molar-refractivity contribution in [2.45, 2.75) is 0 Å². The van der Waals surface area contributed by atoms with Crippen LogP contribution in [0.4, 0.5) is 0 Å². The summed E-state index contributed by atoms with van der Waals surface area (Å²) < 4.78 is 61.3. The van der Waals surface area contributed by atoms with Crippen molar-refractivity contribution >= 4 is 43.7 Å². The number of fused-ring (bicyclic) bond motifs is 6. The lowest BCUT2D eigenvalue weighted by Gasteiger charge is -2.14. The number of para-hydroxylation sites is 3. The maximum Gasteiger partial charge on any atom is 0.167 e. The molecule has 5 nitrogen and oxygen atoms in total. The number of furan rings is 1. The second kappa shape index (κ2) is 13.0. The fourth-order valence-electron chi connectivity index (χ4n) is 7.56. The molecule has 3 aromatic heterocycles. The van der Waals surface area contributed by atoms with Crippen LogP contribution < -0.4 is 0 Å². The van der Waals surface area contributed by atoms with Gasteiger partial charge in [-0.15, -0.1) is 0 Å². The smallest absolute Gasteiger partial charge is 0.167 e. The molecule has 0 bridgehead atoms. The molecule has 0 atom stereocenters. The van der Waals surface area contributed by atoms with Crippen molar-refractivity contribution < 1.29 is 12.6 Å². The summed E-state index contributed by atoms with van der Waals surface area (Å²) in [5.41, 5.74) is 8.53. The number of nitrogens with zero attached hydrogens (tertiary/aromatic N) is 4. The number of aromatic nitrogens is 4. The molecule has 11 aromatic rings. The monoisotopic (exact) mass is 722 g/mol. The van der Waals surface area contributed by atoms with Crippen LogP contribution in [0.3, 0.4) is 0 Å². The Labute approximate surface area is 331 Å². The molecule has 8 aromatic carbocycles. The predicted octanol–water partition coefficient (Wildman–Crippen LogP) is 13.2. The van der Waals surface area contributed by atoms with Gasteiger partial charge >= 0.3 is 0 Å². The minimum absolute atomic E-state index is 0.0127. The first-order chi connectivity index (χ1) is 30.2. The molecule has 0 fully saturated rings. The standard InChI is InChI=1S/C51H32N4O/c1-4-15-33(16-5-1)37-29-38(31-39(30-37)55-45-25-12-10-21-40(45)41-22-11-13-26-46(41)55)36-27-28-47-44(32-36)42-23-14-24-43(48(42)56-47)51-53-49(34-17-6-2-7-18-34)52-50(54-51)35-19-8-3-9-20-35/h1-32H/i10D,11D,21D,22D,25D,26D.